The van der Waals surface area contributed by atoms with Crippen molar-refractivity contribution >= 4 is 65.8 Å². The van der Waals surface area contributed by atoms with Gasteiger partial charge >= 0.3 is 0 Å². The van der Waals surface area contributed by atoms with Crippen molar-refractivity contribution in [2.45, 2.75) is 38.5 Å². The standard InChI is InChI=1S/C70H52N2/c1-69(2)59-35-11-13-39-63(59)71-67-53(33-19-37-61(67)69)47-27-17-31-51-57(47)42-58-48(54-34-20-38-62-68(54)72-64-40-14-12-36-60(64)70(62,3)4)28-18-32-52(58)66(51)65-49-29-15-25-45(43-21-7-5-8-22-43)55(49)41-56-46(26-16-30-50(56)65)44-23-9-6-10-24-44/h5-42,71-72H,1-4H3. The van der Waals surface area contributed by atoms with Gasteiger partial charge in [-0.1, -0.05) is 234 Å². The van der Waals surface area contributed by atoms with Gasteiger partial charge in [0.1, 0.15) is 0 Å². The highest BCUT2D eigenvalue weighted by Crippen LogP contribution is 2.55. The molecule has 0 saturated heterocycles. The molecule has 342 valence electrons. The molecule has 72 heavy (non-hydrogen) atoms. The van der Waals surface area contributed by atoms with Crippen LogP contribution in [-0.2, 0) is 10.8 Å². The summed E-state index contributed by atoms with van der Waals surface area (Å²) in [6, 6.07) is 86.0. The van der Waals surface area contributed by atoms with E-state index in [1.165, 1.54) is 132 Å². The van der Waals surface area contributed by atoms with Crippen LogP contribution in [0.4, 0.5) is 22.7 Å². The molecule has 12 aromatic carbocycles. The van der Waals surface area contributed by atoms with Gasteiger partial charge in [-0.25, -0.2) is 0 Å². The van der Waals surface area contributed by atoms with E-state index in [9.17, 15) is 0 Å². The molecule has 0 aliphatic carbocycles. The number of benzene rings is 12. The minimum atomic E-state index is -0.205. The summed E-state index contributed by atoms with van der Waals surface area (Å²) in [5.74, 6) is 0. The van der Waals surface area contributed by atoms with E-state index >= 15 is 0 Å². The van der Waals surface area contributed by atoms with Crippen LogP contribution in [0.15, 0.2) is 231 Å². The molecule has 14 rings (SSSR count). The lowest BCUT2D eigenvalue weighted by atomic mass is 9.73. The number of hydrogen-bond donors (Lipinski definition) is 2. The zero-order chi connectivity index (χ0) is 48.3. The maximum absolute atomic E-state index is 3.98. The van der Waals surface area contributed by atoms with Crippen LogP contribution in [0.3, 0.4) is 0 Å². The average molecular weight is 921 g/mol. The molecule has 2 nitrogen and oxygen atoms in total. The van der Waals surface area contributed by atoms with Crippen molar-refractivity contribution in [2.24, 2.45) is 0 Å². The van der Waals surface area contributed by atoms with Crippen LogP contribution in [0.2, 0.25) is 0 Å². The summed E-state index contributed by atoms with van der Waals surface area (Å²) in [6.45, 7) is 9.46. The summed E-state index contributed by atoms with van der Waals surface area (Å²) >= 11 is 0. The first kappa shape index (κ1) is 42.2. The summed E-state index contributed by atoms with van der Waals surface area (Å²) < 4.78 is 0. The lowest BCUT2D eigenvalue weighted by Gasteiger charge is -2.37. The topological polar surface area (TPSA) is 24.1 Å². The molecule has 2 N–H and O–H groups in total. The molecule has 12 aromatic rings. The normalized spacial score (nSPS) is 14.0. The Bertz CT molecular complexity index is 3930. The van der Waals surface area contributed by atoms with Crippen molar-refractivity contribution in [1.82, 2.24) is 0 Å². The predicted octanol–water partition coefficient (Wildman–Crippen LogP) is 19.4. The van der Waals surface area contributed by atoms with Crippen LogP contribution in [0, 0.1) is 0 Å². The van der Waals surface area contributed by atoms with Gasteiger partial charge in [-0.2, -0.15) is 0 Å². The molecule has 2 heterocycles. The Morgan fingerprint density at radius 3 is 0.958 bits per heavy atom. The average Bonchev–Trinajstić information content (AvgIpc) is 3.42. The Hall–Kier alpha value is -8.72. The molecule has 0 saturated carbocycles. The quantitative estimate of drug-likeness (QED) is 0.168. The summed E-state index contributed by atoms with van der Waals surface area (Å²) in [5, 5.41) is 17.8. The molecule has 0 spiro atoms. The van der Waals surface area contributed by atoms with Crippen LogP contribution in [0.25, 0.3) is 98.7 Å². The third-order valence-corrected chi connectivity index (χ3v) is 16.3. The number of nitrogens with one attached hydrogen (secondary N) is 2. The van der Waals surface area contributed by atoms with E-state index in [4.69, 9.17) is 0 Å². The second-order valence-electron chi connectivity index (χ2n) is 20.9. The van der Waals surface area contributed by atoms with Crippen molar-refractivity contribution in [3.63, 3.8) is 0 Å². The molecule has 0 bridgehead atoms. The van der Waals surface area contributed by atoms with Gasteiger partial charge in [0.15, 0.2) is 0 Å². The van der Waals surface area contributed by atoms with Gasteiger partial charge in [0.25, 0.3) is 0 Å². The summed E-state index contributed by atoms with van der Waals surface area (Å²) in [7, 11) is 0. The molecule has 2 aliphatic rings. The Morgan fingerprint density at radius 2 is 0.556 bits per heavy atom. The summed E-state index contributed by atoms with van der Waals surface area (Å²) in [6.07, 6.45) is 0. The second kappa shape index (κ2) is 15.9. The smallest absolute Gasteiger partial charge is 0.0505 e. The first-order valence-electron chi connectivity index (χ1n) is 25.3. The molecule has 0 aromatic heterocycles. The number of rotatable bonds is 5. The maximum Gasteiger partial charge on any atom is 0.0505 e. The molecular formula is C70H52N2. The highest BCUT2D eigenvalue weighted by molar-refractivity contribution is 6.28. The van der Waals surface area contributed by atoms with Crippen LogP contribution >= 0.6 is 0 Å². The first-order valence-corrected chi connectivity index (χ1v) is 25.3. The van der Waals surface area contributed by atoms with E-state index in [1.807, 2.05) is 0 Å². The monoisotopic (exact) mass is 920 g/mol. The summed E-state index contributed by atoms with van der Waals surface area (Å²) in [4.78, 5) is 0. The Kier molecular flexibility index (Phi) is 9.32. The van der Waals surface area contributed by atoms with Gasteiger partial charge in [0, 0.05) is 33.3 Å². The third-order valence-electron chi connectivity index (χ3n) is 16.3. The fourth-order valence-electron chi connectivity index (χ4n) is 12.8. The Morgan fingerprint density at radius 1 is 0.250 bits per heavy atom. The first-order chi connectivity index (χ1) is 35.3. The zero-order valence-corrected chi connectivity index (χ0v) is 40.9. The van der Waals surface area contributed by atoms with Gasteiger partial charge in [-0.05, 0) is 134 Å². The fourth-order valence-corrected chi connectivity index (χ4v) is 12.8. The number of hydrogen-bond acceptors (Lipinski definition) is 2. The minimum Gasteiger partial charge on any atom is -0.355 e. The molecule has 2 aliphatic heterocycles. The highest BCUT2D eigenvalue weighted by Gasteiger charge is 2.36. The van der Waals surface area contributed by atoms with E-state index in [-0.39, 0.29) is 10.8 Å². The lowest BCUT2D eigenvalue weighted by molar-refractivity contribution is 0.638. The Balaban J connectivity index is 1.14. The van der Waals surface area contributed by atoms with E-state index in [2.05, 4.69) is 269 Å². The Labute approximate surface area is 421 Å². The van der Waals surface area contributed by atoms with Crippen molar-refractivity contribution in [1.29, 1.82) is 0 Å². The predicted molar refractivity (Wildman–Crippen MR) is 307 cm³/mol. The summed E-state index contributed by atoms with van der Waals surface area (Å²) in [5.41, 5.74) is 21.6. The van der Waals surface area contributed by atoms with Crippen LogP contribution < -0.4 is 10.6 Å². The number of para-hydroxylation sites is 4. The number of fused-ring (bicyclic) bond motifs is 8. The van der Waals surface area contributed by atoms with E-state index in [0.29, 0.717) is 0 Å². The van der Waals surface area contributed by atoms with E-state index in [1.54, 1.807) is 0 Å². The minimum absolute atomic E-state index is 0.205. The molecule has 0 atom stereocenters. The number of anilines is 4. The SMILES string of the molecule is CC1(C)c2ccccc2Nc2c(-c3cccc4c(-c5c6cccc(-c7ccccc7)c6cc6c(-c7ccccc7)cccc56)c5cccc(-c6cccc7c6Nc6ccccc6C7(C)C)c5cc34)cccc21. The van der Waals surface area contributed by atoms with E-state index in [0.717, 1.165) is 11.4 Å². The van der Waals surface area contributed by atoms with E-state index < -0.39 is 0 Å². The molecule has 0 fully saturated rings. The van der Waals surface area contributed by atoms with Crippen molar-refractivity contribution in [3.8, 4) is 55.6 Å². The van der Waals surface area contributed by atoms with Crippen LogP contribution in [0.5, 0.6) is 0 Å². The van der Waals surface area contributed by atoms with Crippen LogP contribution in [0.1, 0.15) is 49.9 Å². The van der Waals surface area contributed by atoms with Crippen molar-refractivity contribution in [3.05, 3.63) is 253 Å². The fraction of sp³-hybridized carbons (Fsp3) is 0.0857. The van der Waals surface area contributed by atoms with Gasteiger partial charge in [0.05, 0.1) is 11.4 Å². The third kappa shape index (κ3) is 6.22. The van der Waals surface area contributed by atoms with Gasteiger partial charge in [-0.15, -0.1) is 0 Å². The molecule has 0 radical (unpaired) electrons. The van der Waals surface area contributed by atoms with Gasteiger partial charge in [-0.3, -0.25) is 0 Å². The zero-order valence-electron chi connectivity index (χ0n) is 40.9. The highest BCUT2D eigenvalue weighted by atomic mass is 14.9. The van der Waals surface area contributed by atoms with Gasteiger partial charge in [0.2, 0.25) is 0 Å². The molecular weight excluding hydrogens is 869 g/mol. The largest absolute Gasteiger partial charge is 0.355 e. The lowest BCUT2D eigenvalue weighted by Crippen LogP contribution is -2.26. The van der Waals surface area contributed by atoms with Crippen molar-refractivity contribution in [2.75, 3.05) is 10.6 Å². The maximum atomic E-state index is 3.98. The molecule has 2 heteroatoms. The molecule has 0 unspecified atom stereocenters. The molecule has 0 amide bonds. The second-order valence-corrected chi connectivity index (χ2v) is 20.9. The van der Waals surface area contributed by atoms with Crippen LogP contribution in [-0.4, -0.2) is 0 Å². The van der Waals surface area contributed by atoms with Gasteiger partial charge < -0.3 is 10.6 Å². The van der Waals surface area contributed by atoms with Crippen molar-refractivity contribution < 1.29 is 0 Å².